The predicted octanol–water partition coefficient (Wildman–Crippen LogP) is 2.30. The molecule has 3 atom stereocenters. The van der Waals surface area contributed by atoms with E-state index < -0.39 is 5.92 Å². The van der Waals surface area contributed by atoms with Gasteiger partial charge in [-0.05, 0) is 18.8 Å². The largest absolute Gasteiger partial charge is 0.253 e. The summed E-state index contributed by atoms with van der Waals surface area (Å²) in [6.45, 7) is 1.66. The molecular weight excluding hydrogens is 122 g/mol. The van der Waals surface area contributed by atoms with Crippen LogP contribution in [0.1, 0.15) is 19.8 Å². The van der Waals surface area contributed by atoms with Crippen LogP contribution in [0.2, 0.25) is 0 Å². The Labute approximate surface area is 53.2 Å². The molecule has 2 fully saturated rings. The van der Waals surface area contributed by atoms with Crippen LogP contribution in [0.25, 0.3) is 0 Å². The predicted molar refractivity (Wildman–Crippen MR) is 30.3 cm³/mol. The van der Waals surface area contributed by atoms with Gasteiger partial charge in [0.05, 0.1) is 0 Å². The Morgan fingerprint density at radius 1 is 1.33 bits per heavy atom. The Balaban J connectivity index is 2.20. The molecule has 0 saturated heterocycles. The van der Waals surface area contributed by atoms with Gasteiger partial charge in [-0.25, -0.2) is 8.78 Å². The molecule has 3 unspecified atom stereocenters. The lowest BCUT2D eigenvalue weighted by atomic mass is 10.0. The summed E-state index contributed by atoms with van der Waals surface area (Å²) < 4.78 is 25.5. The highest BCUT2D eigenvalue weighted by molar-refractivity contribution is 5.05. The number of rotatable bonds is 0. The number of fused-ring (bicyclic) bond motifs is 1. The first-order chi connectivity index (χ1) is 4.12. The van der Waals surface area contributed by atoms with E-state index in [9.17, 15) is 8.78 Å². The Hall–Kier alpha value is -0.140. The fourth-order valence-corrected chi connectivity index (χ4v) is 1.96. The standard InChI is InChI=1S/C7H10F2/c1-4-2-5-3-6(5)7(4,8)9/h4-6H,2-3H2,1H3. The van der Waals surface area contributed by atoms with Gasteiger partial charge < -0.3 is 0 Å². The van der Waals surface area contributed by atoms with Crippen molar-refractivity contribution in [2.75, 3.05) is 0 Å². The maximum Gasteiger partial charge on any atom is 0.253 e. The van der Waals surface area contributed by atoms with Crippen LogP contribution in [0.4, 0.5) is 8.78 Å². The van der Waals surface area contributed by atoms with Gasteiger partial charge >= 0.3 is 0 Å². The van der Waals surface area contributed by atoms with E-state index in [4.69, 9.17) is 0 Å². The van der Waals surface area contributed by atoms with E-state index in [0.717, 1.165) is 12.8 Å². The minimum Gasteiger partial charge on any atom is -0.206 e. The zero-order valence-corrected chi connectivity index (χ0v) is 5.40. The van der Waals surface area contributed by atoms with E-state index in [2.05, 4.69) is 0 Å². The maximum atomic E-state index is 12.8. The van der Waals surface area contributed by atoms with Crippen molar-refractivity contribution >= 4 is 0 Å². The smallest absolute Gasteiger partial charge is 0.206 e. The molecule has 2 heteroatoms. The molecule has 0 amide bonds. The molecule has 2 saturated carbocycles. The molecule has 0 spiro atoms. The summed E-state index contributed by atoms with van der Waals surface area (Å²) in [5.41, 5.74) is 0. The molecule has 0 aliphatic heterocycles. The van der Waals surface area contributed by atoms with E-state index in [-0.39, 0.29) is 11.8 Å². The highest BCUT2D eigenvalue weighted by Gasteiger charge is 2.63. The van der Waals surface area contributed by atoms with Crippen molar-refractivity contribution in [2.24, 2.45) is 17.8 Å². The average Bonchev–Trinajstić information content (AvgIpc) is 2.41. The van der Waals surface area contributed by atoms with Crippen LogP contribution in [0.5, 0.6) is 0 Å². The quantitative estimate of drug-likeness (QED) is 0.474. The molecule has 0 aromatic rings. The summed E-state index contributed by atoms with van der Waals surface area (Å²) >= 11 is 0. The lowest BCUT2D eigenvalue weighted by Gasteiger charge is -2.16. The van der Waals surface area contributed by atoms with Gasteiger partial charge in [0.2, 0.25) is 0 Å². The highest BCUT2D eigenvalue weighted by atomic mass is 19.3. The fraction of sp³-hybridized carbons (Fsp3) is 1.00. The summed E-state index contributed by atoms with van der Waals surface area (Å²) in [4.78, 5) is 0. The van der Waals surface area contributed by atoms with E-state index in [0.29, 0.717) is 5.92 Å². The second-order valence-corrected chi connectivity index (χ2v) is 3.41. The first-order valence-corrected chi connectivity index (χ1v) is 3.50. The molecule has 0 heterocycles. The Bertz CT molecular complexity index is 138. The van der Waals surface area contributed by atoms with E-state index >= 15 is 0 Å². The monoisotopic (exact) mass is 132 g/mol. The van der Waals surface area contributed by atoms with Gasteiger partial charge in [-0.15, -0.1) is 0 Å². The van der Waals surface area contributed by atoms with Gasteiger partial charge in [0, 0.05) is 11.8 Å². The molecule has 0 aromatic heterocycles. The zero-order chi connectivity index (χ0) is 6.65. The van der Waals surface area contributed by atoms with E-state index in [1.54, 1.807) is 6.92 Å². The summed E-state index contributed by atoms with van der Waals surface area (Å²) in [6.07, 6.45) is 1.55. The second kappa shape index (κ2) is 1.30. The molecular formula is C7H10F2. The molecule has 0 radical (unpaired) electrons. The lowest BCUT2D eigenvalue weighted by Crippen LogP contribution is -2.23. The van der Waals surface area contributed by atoms with Crippen molar-refractivity contribution in [1.82, 2.24) is 0 Å². The molecule has 2 aliphatic carbocycles. The lowest BCUT2D eigenvalue weighted by molar-refractivity contribution is -0.0534. The highest BCUT2D eigenvalue weighted by Crippen LogP contribution is 2.62. The number of hydrogen-bond donors (Lipinski definition) is 0. The molecule has 0 bridgehead atoms. The van der Waals surface area contributed by atoms with Crippen LogP contribution in [0.3, 0.4) is 0 Å². The van der Waals surface area contributed by atoms with Crippen LogP contribution in [0.15, 0.2) is 0 Å². The SMILES string of the molecule is CC1CC2CC2C1(F)F. The third-order valence-electron chi connectivity index (χ3n) is 2.73. The Morgan fingerprint density at radius 2 is 2.00 bits per heavy atom. The average molecular weight is 132 g/mol. The minimum absolute atomic E-state index is 0.229. The molecule has 9 heavy (non-hydrogen) atoms. The van der Waals surface area contributed by atoms with Gasteiger partial charge in [0.15, 0.2) is 0 Å². The van der Waals surface area contributed by atoms with Crippen LogP contribution in [-0.2, 0) is 0 Å². The zero-order valence-electron chi connectivity index (χ0n) is 5.40. The first-order valence-electron chi connectivity index (χ1n) is 3.50. The molecule has 2 aliphatic rings. The summed E-state index contributed by atoms with van der Waals surface area (Å²) in [7, 11) is 0. The molecule has 0 N–H and O–H groups in total. The number of alkyl halides is 2. The topological polar surface area (TPSA) is 0 Å². The van der Waals surface area contributed by atoms with Gasteiger partial charge in [0.25, 0.3) is 5.92 Å². The Kier molecular flexibility index (Phi) is 0.814. The minimum atomic E-state index is -2.31. The van der Waals surface area contributed by atoms with Crippen molar-refractivity contribution in [2.45, 2.75) is 25.7 Å². The van der Waals surface area contributed by atoms with Crippen molar-refractivity contribution in [3.05, 3.63) is 0 Å². The third-order valence-corrected chi connectivity index (χ3v) is 2.73. The van der Waals surface area contributed by atoms with Crippen LogP contribution in [0, 0.1) is 17.8 Å². The second-order valence-electron chi connectivity index (χ2n) is 3.41. The van der Waals surface area contributed by atoms with Gasteiger partial charge in [-0.1, -0.05) is 6.92 Å². The maximum absolute atomic E-state index is 12.8. The van der Waals surface area contributed by atoms with Crippen molar-refractivity contribution in [1.29, 1.82) is 0 Å². The Morgan fingerprint density at radius 3 is 2.22 bits per heavy atom. The first kappa shape index (κ1) is 5.63. The van der Waals surface area contributed by atoms with Crippen molar-refractivity contribution in [3.63, 3.8) is 0 Å². The fourth-order valence-electron chi connectivity index (χ4n) is 1.96. The van der Waals surface area contributed by atoms with Crippen LogP contribution < -0.4 is 0 Å². The number of halogens is 2. The summed E-state index contributed by atoms with van der Waals surface area (Å²) in [6, 6.07) is 0. The molecule has 0 aromatic carbocycles. The van der Waals surface area contributed by atoms with E-state index in [1.165, 1.54) is 0 Å². The van der Waals surface area contributed by atoms with Crippen molar-refractivity contribution < 1.29 is 8.78 Å². The molecule has 52 valence electrons. The van der Waals surface area contributed by atoms with Crippen LogP contribution in [-0.4, -0.2) is 5.92 Å². The third kappa shape index (κ3) is 0.565. The normalized spacial score (nSPS) is 53.0. The van der Waals surface area contributed by atoms with Gasteiger partial charge in [0.1, 0.15) is 0 Å². The van der Waals surface area contributed by atoms with Gasteiger partial charge in [-0.3, -0.25) is 0 Å². The van der Waals surface area contributed by atoms with Gasteiger partial charge in [-0.2, -0.15) is 0 Å². The van der Waals surface area contributed by atoms with Crippen LogP contribution >= 0.6 is 0 Å². The summed E-state index contributed by atoms with van der Waals surface area (Å²) in [5.74, 6) is -2.51. The van der Waals surface area contributed by atoms with Crippen molar-refractivity contribution in [3.8, 4) is 0 Å². The number of hydrogen-bond acceptors (Lipinski definition) is 0. The van der Waals surface area contributed by atoms with E-state index in [1.807, 2.05) is 0 Å². The molecule has 0 nitrogen and oxygen atoms in total. The summed E-state index contributed by atoms with van der Waals surface area (Å²) in [5, 5.41) is 0. The molecule has 2 rings (SSSR count).